The van der Waals surface area contributed by atoms with Crippen LogP contribution in [0.15, 0.2) is 30.5 Å². The molecule has 0 aliphatic rings. The Morgan fingerprint density at radius 3 is 2.32 bits per heavy atom. The first-order valence-corrected chi connectivity index (χ1v) is 7.39. The van der Waals surface area contributed by atoms with Gasteiger partial charge in [0.2, 0.25) is 5.88 Å². The lowest BCUT2D eigenvalue weighted by atomic mass is 10.2. The number of amides is 1. The Labute approximate surface area is 141 Å². The molecule has 6 nitrogen and oxygen atoms in total. The van der Waals surface area contributed by atoms with Gasteiger partial charge in [0.25, 0.3) is 5.91 Å². The van der Waals surface area contributed by atoms with Gasteiger partial charge in [-0.15, -0.1) is 0 Å². The summed E-state index contributed by atoms with van der Waals surface area (Å²) in [6.45, 7) is 0. The SMILES string of the molecule is COc1ccc(NC(=O)c2cc(OC)c(OC)cc2I)cn1. The van der Waals surface area contributed by atoms with Crippen molar-refractivity contribution in [1.29, 1.82) is 0 Å². The van der Waals surface area contributed by atoms with Gasteiger partial charge in [0.15, 0.2) is 11.5 Å². The quantitative estimate of drug-likeness (QED) is 0.763. The van der Waals surface area contributed by atoms with Crippen molar-refractivity contribution in [3.63, 3.8) is 0 Å². The summed E-state index contributed by atoms with van der Waals surface area (Å²) in [6, 6.07) is 6.79. The average Bonchev–Trinajstić information content (AvgIpc) is 2.55. The molecule has 1 aromatic heterocycles. The number of nitrogens with zero attached hydrogens (tertiary/aromatic N) is 1. The molecule has 22 heavy (non-hydrogen) atoms. The maximum atomic E-state index is 12.4. The summed E-state index contributed by atoms with van der Waals surface area (Å²) in [7, 11) is 4.61. The average molecular weight is 414 g/mol. The van der Waals surface area contributed by atoms with Gasteiger partial charge in [-0.2, -0.15) is 0 Å². The molecule has 1 heterocycles. The van der Waals surface area contributed by atoms with Crippen LogP contribution in [0.2, 0.25) is 0 Å². The number of rotatable bonds is 5. The molecule has 1 amide bonds. The molecule has 7 heteroatoms. The van der Waals surface area contributed by atoms with Crippen LogP contribution in [-0.2, 0) is 0 Å². The molecule has 0 saturated carbocycles. The number of carbonyl (C=O) groups is 1. The second-order valence-electron chi connectivity index (χ2n) is 4.23. The van der Waals surface area contributed by atoms with Crippen LogP contribution in [0.1, 0.15) is 10.4 Å². The minimum Gasteiger partial charge on any atom is -0.493 e. The molecule has 2 aromatic rings. The fraction of sp³-hybridized carbons (Fsp3) is 0.200. The molecular weight excluding hydrogens is 399 g/mol. The highest BCUT2D eigenvalue weighted by molar-refractivity contribution is 14.1. The van der Waals surface area contributed by atoms with Gasteiger partial charge in [0, 0.05) is 9.64 Å². The van der Waals surface area contributed by atoms with E-state index in [1.165, 1.54) is 20.4 Å². The number of pyridine rings is 1. The second-order valence-corrected chi connectivity index (χ2v) is 5.39. The number of hydrogen-bond acceptors (Lipinski definition) is 5. The Balaban J connectivity index is 2.24. The zero-order valence-electron chi connectivity index (χ0n) is 12.3. The number of nitrogens with one attached hydrogen (secondary N) is 1. The van der Waals surface area contributed by atoms with Gasteiger partial charge in [-0.25, -0.2) is 4.98 Å². The van der Waals surface area contributed by atoms with E-state index in [2.05, 4.69) is 32.9 Å². The highest BCUT2D eigenvalue weighted by Gasteiger charge is 2.15. The predicted molar refractivity (Wildman–Crippen MR) is 91.0 cm³/mol. The van der Waals surface area contributed by atoms with Crippen LogP contribution in [0.3, 0.4) is 0 Å². The Hall–Kier alpha value is -2.03. The number of ether oxygens (including phenoxy) is 3. The summed E-state index contributed by atoms with van der Waals surface area (Å²) in [5.74, 6) is 1.31. The summed E-state index contributed by atoms with van der Waals surface area (Å²) in [5.41, 5.74) is 1.07. The Morgan fingerprint density at radius 1 is 1.09 bits per heavy atom. The van der Waals surface area contributed by atoms with E-state index in [1.54, 1.807) is 31.4 Å². The van der Waals surface area contributed by atoms with Crippen LogP contribution < -0.4 is 19.5 Å². The summed E-state index contributed by atoms with van der Waals surface area (Å²) in [6.07, 6.45) is 1.53. The topological polar surface area (TPSA) is 69.7 Å². The lowest BCUT2D eigenvalue weighted by molar-refractivity contribution is 0.102. The number of methoxy groups -OCH3 is 3. The molecule has 2 rings (SSSR count). The van der Waals surface area contributed by atoms with Gasteiger partial charge in [-0.05, 0) is 40.8 Å². The van der Waals surface area contributed by atoms with Crippen molar-refractivity contribution in [2.75, 3.05) is 26.6 Å². The maximum absolute atomic E-state index is 12.4. The van der Waals surface area contributed by atoms with E-state index in [0.717, 1.165) is 3.57 Å². The molecule has 1 aromatic carbocycles. The first-order chi connectivity index (χ1) is 10.6. The molecule has 116 valence electrons. The molecule has 0 bridgehead atoms. The van der Waals surface area contributed by atoms with Crippen LogP contribution in [-0.4, -0.2) is 32.2 Å². The molecule has 0 saturated heterocycles. The standard InChI is InChI=1S/C15H15IN2O4/c1-20-12-6-10(11(16)7-13(12)21-2)15(19)18-9-4-5-14(22-3)17-8-9/h4-8H,1-3H3,(H,18,19). The third-order valence-electron chi connectivity index (χ3n) is 2.92. The van der Waals surface area contributed by atoms with E-state index >= 15 is 0 Å². The van der Waals surface area contributed by atoms with E-state index in [9.17, 15) is 4.79 Å². The number of halogens is 1. The van der Waals surface area contributed by atoms with Crippen molar-refractivity contribution in [2.45, 2.75) is 0 Å². The van der Waals surface area contributed by atoms with Crippen LogP contribution in [0.25, 0.3) is 0 Å². The molecule has 0 atom stereocenters. The van der Waals surface area contributed by atoms with Crippen molar-refractivity contribution < 1.29 is 19.0 Å². The van der Waals surface area contributed by atoms with Crippen LogP contribution in [0, 0.1) is 3.57 Å². The normalized spacial score (nSPS) is 10.0. The van der Waals surface area contributed by atoms with Crippen molar-refractivity contribution in [2.24, 2.45) is 0 Å². The number of hydrogen-bond donors (Lipinski definition) is 1. The van der Waals surface area contributed by atoms with Crippen LogP contribution in [0.4, 0.5) is 5.69 Å². The maximum Gasteiger partial charge on any atom is 0.256 e. The van der Waals surface area contributed by atoms with Crippen molar-refractivity contribution in [1.82, 2.24) is 4.98 Å². The van der Waals surface area contributed by atoms with E-state index in [4.69, 9.17) is 14.2 Å². The van der Waals surface area contributed by atoms with Gasteiger partial charge < -0.3 is 19.5 Å². The highest BCUT2D eigenvalue weighted by atomic mass is 127. The second kappa shape index (κ2) is 7.30. The van der Waals surface area contributed by atoms with E-state index in [0.29, 0.717) is 28.6 Å². The third-order valence-corrected chi connectivity index (χ3v) is 3.81. The fourth-order valence-electron chi connectivity index (χ4n) is 1.80. The van der Waals surface area contributed by atoms with Crippen LogP contribution in [0.5, 0.6) is 17.4 Å². The Morgan fingerprint density at radius 2 is 1.77 bits per heavy atom. The zero-order valence-corrected chi connectivity index (χ0v) is 14.5. The van der Waals surface area contributed by atoms with Crippen molar-refractivity contribution in [3.8, 4) is 17.4 Å². The molecule has 0 aliphatic heterocycles. The van der Waals surface area contributed by atoms with Gasteiger partial charge >= 0.3 is 0 Å². The Kier molecular flexibility index (Phi) is 5.42. The lowest BCUT2D eigenvalue weighted by Crippen LogP contribution is -2.14. The molecule has 1 N–H and O–H groups in total. The monoisotopic (exact) mass is 414 g/mol. The third kappa shape index (κ3) is 3.59. The van der Waals surface area contributed by atoms with Gasteiger partial charge in [0.05, 0.1) is 38.8 Å². The summed E-state index contributed by atoms with van der Waals surface area (Å²) in [5, 5.41) is 2.78. The number of anilines is 1. The highest BCUT2D eigenvalue weighted by Crippen LogP contribution is 2.31. The van der Waals surface area contributed by atoms with Gasteiger partial charge in [-0.3, -0.25) is 4.79 Å². The fourth-order valence-corrected chi connectivity index (χ4v) is 2.49. The lowest BCUT2D eigenvalue weighted by Gasteiger charge is -2.12. The number of carbonyl (C=O) groups excluding carboxylic acids is 1. The molecule has 0 unspecified atom stereocenters. The number of aromatic nitrogens is 1. The van der Waals surface area contributed by atoms with Gasteiger partial charge in [-0.1, -0.05) is 0 Å². The smallest absolute Gasteiger partial charge is 0.256 e. The zero-order chi connectivity index (χ0) is 16.1. The first kappa shape index (κ1) is 16.3. The first-order valence-electron chi connectivity index (χ1n) is 6.32. The molecular formula is C15H15IN2O4. The molecule has 0 spiro atoms. The van der Waals surface area contributed by atoms with E-state index < -0.39 is 0 Å². The summed E-state index contributed by atoms with van der Waals surface area (Å²) in [4.78, 5) is 16.4. The molecule has 0 aliphatic carbocycles. The predicted octanol–water partition coefficient (Wildman–Crippen LogP) is 2.96. The summed E-state index contributed by atoms with van der Waals surface area (Å²) >= 11 is 2.08. The van der Waals surface area contributed by atoms with E-state index in [1.807, 2.05) is 0 Å². The van der Waals surface area contributed by atoms with Crippen molar-refractivity contribution >= 4 is 34.2 Å². The van der Waals surface area contributed by atoms with Crippen molar-refractivity contribution in [3.05, 3.63) is 39.6 Å². The minimum atomic E-state index is -0.252. The van der Waals surface area contributed by atoms with Crippen LogP contribution >= 0.6 is 22.6 Å². The minimum absolute atomic E-state index is 0.252. The molecule has 0 fully saturated rings. The largest absolute Gasteiger partial charge is 0.493 e. The van der Waals surface area contributed by atoms with E-state index in [-0.39, 0.29) is 5.91 Å². The molecule has 0 radical (unpaired) electrons. The summed E-state index contributed by atoms with van der Waals surface area (Å²) < 4.78 is 16.2. The number of benzene rings is 1. The Bertz CT molecular complexity index is 674. The van der Waals surface area contributed by atoms with Gasteiger partial charge in [0.1, 0.15) is 0 Å².